The van der Waals surface area contributed by atoms with E-state index in [0.717, 1.165) is 25.4 Å². The molecule has 1 heterocycles. The Morgan fingerprint density at radius 3 is 1.70 bits per heavy atom. The second-order valence-corrected chi connectivity index (χ2v) is 12.5. The van der Waals surface area contributed by atoms with Gasteiger partial charge in [-0.25, -0.2) is 0 Å². The van der Waals surface area contributed by atoms with Crippen molar-refractivity contribution in [3.05, 3.63) is 73.1 Å². The van der Waals surface area contributed by atoms with E-state index >= 15 is 0 Å². The number of benzene rings is 2. The molecule has 0 aliphatic heterocycles. The van der Waals surface area contributed by atoms with Gasteiger partial charge in [0, 0.05) is 13.0 Å². The number of rotatable bonds is 15. The molecule has 1 aromatic heterocycles. The van der Waals surface area contributed by atoms with Gasteiger partial charge in [-0.3, -0.25) is 4.68 Å². The molecule has 0 N–H and O–H groups in total. The Hall–Kier alpha value is -2.45. The van der Waals surface area contributed by atoms with Gasteiger partial charge in [-0.15, -0.1) is 0 Å². The van der Waals surface area contributed by atoms with Crippen LogP contribution >= 0.6 is 7.26 Å². The van der Waals surface area contributed by atoms with Gasteiger partial charge in [0.05, 0.1) is 18.6 Å². The zero-order valence-electron chi connectivity index (χ0n) is 19.9. The number of nitrogens with zero attached hydrogens (tertiary/aromatic N) is 2. The van der Waals surface area contributed by atoms with E-state index in [2.05, 4.69) is 78.2 Å². The summed E-state index contributed by atoms with van der Waals surface area (Å²) in [6, 6.07) is 22.1. The first kappa shape index (κ1) is 25.2. The van der Waals surface area contributed by atoms with Gasteiger partial charge in [0.15, 0.2) is 0 Å². The SMILES string of the molecule is Cn1cc([P+](CCCCCCCCCCCC(=O)[O-])(c2ccccc2)c2ccccc2)cn1. The number of carbonyl (C=O) groups is 1. The molecule has 0 aliphatic carbocycles. The maximum Gasteiger partial charge on any atom is 0.142 e. The average molecular weight is 465 g/mol. The first-order valence-corrected chi connectivity index (χ1v) is 14.3. The lowest BCUT2D eigenvalue weighted by atomic mass is 10.1. The second-order valence-electron chi connectivity index (χ2n) is 8.88. The van der Waals surface area contributed by atoms with Gasteiger partial charge < -0.3 is 9.90 Å². The molecule has 176 valence electrons. The quantitative estimate of drug-likeness (QED) is 0.248. The first-order valence-electron chi connectivity index (χ1n) is 12.3. The summed E-state index contributed by atoms with van der Waals surface area (Å²) in [6.45, 7) is 0. The van der Waals surface area contributed by atoms with E-state index in [1.54, 1.807) is 0 Å². The van der Waals surface area contributed by atoms with E-state index in [1.807, 2.05) is 11.7 Å². The molecule has 0 unspecified atom stereocenters. The van der Waals surface area contributed by atoms with Crippen LogP contribution in [-0.2, 0) is 11.8 Å². The summed E-state index contributed by atoms with van der Waals surface area (Å²) in [6.07, 6.45) is 15.9. The molecule has 4 nitrogen and oxygen atoms in total. The number of aromatic nitrogens is 2. The third-order valence-corrected chi connectivity index (χ3v) is 10.9. The minimum Gasteiger partial charge on any atom is -0.550 e. The van der Waals surface area contributed by atoms with E-state index < -0.39 is 13.2 Å². The summed E-state index contributed by atoms with van der Waals surface area (Å²) in [4.78, 5) is 10.5. The molecule has 2 aromatic carbocycles. The molecule has 0 saturated carbocycles. The van der Waals surface area contributed by atoms with Crippen molar-refractivity contribution < 1.29 is 9.90 Å². The molecule has 33 heavy (non-hydrogen) atoms. The van der Waals surface area contributed by atoms with Gasteiger partial charge >= 0.3 is 0 Å². The molecule has 0 fully saturated rings. The van der Waals surface area contributed by atoms with Crippen molar-refractivity contribution in [1.29, 1.82) is 0 Å². The predicted molar refractivity (Wildman–Crippen MR) is 138 cm³/mol. The smallest absolute Gasteiger partial charge is 0.142 e. The summed E-state index contributed by atoms with van der Waals surface area (Å²) >= 11 is 0. The van der Waals surface area contributed by atoms with Crippen molar-refractivity contribution >= 4 is 29.1 Å². The highest BCUT2D eigenvalue weighted by Crippen LogP contribution is 2.55. The predicted octanol–water partition coefficient (Wildman–Crippen LogP) is 4.36. The van der Waals surface area contributed by atoms with Crippen LogP contribution in [0.2, 0.25) is 0 Å². The van der Waals surface area contributed by atoms with Crippen LogP contribution in [0.4, 0.5) is 0 Å². The minimum absolute atomic E-state index is 0.199. The average Bonchev–Trinajstić information content (AvgIpc) is 3.27. The maximum atomic E-state index is 10.5. The Labute approximate surface area is 199 Å². The molecule has 0 radical (unpaired) electrons. The Balaban J connectivity index is 1.60. The fraction of sp³-hybridized carbons (Fsp3) is 0.429. The summed E-state index contributed by atoms with van der Waals surface area (Å²) < 4.78 is 1.93. The molecule has 0 saturated heterocycles. The highest BCUT2D eigenvalue weighted by molar-refractivity contribution is 7.95. The highest BCUT2D eigenvalue weighted by Gasteiger charge is 2.45. The molecule has 0 aliphatic rings. The Kier molecular flexibility index (Phi) is 10.2. The monoisotopic (exact) mass is 464 g/mol. The molecule has 0 atom stereocenters. The van der Waals surface area contributed by atoms with Gasteiger partial charge in [-0.2, -0.15) is 5.10 Å². The van der Waals surface area contributed by atoms with Crippen molar-refractivity contribution in [3.8, 4) is 0 Å². The topological polar surface area (TPSA) is 58.0 Å². The van der Waals surface area contributed by atoms with Crippen molar-refractivity contribution in [1.82, 2.24) is 9.78 Å². The fourth-order valence-corrected chi connectivity index (χ4v) is 9.00. The van der Waals surface area contributed by atoms with Gasteiger partial charge in [0.25, 0.3) is 0 Å². The minimum atomic E-state index is -1.75. The van der Waals surface area contributed by atoms with Crippen LogP contribution < -0.4 is 21.0 Å². The normalized spacial score (nSPS) is 11.5. The zero-order valence-corrected chi connectivity index (χ0v) is 20.8. The molecule has 0 bridgehead atoms. The van der Waals surface area contributed by atoms with Gasteiger partial charge in [0.2, 0.25) is 0 Å². The summed E-state index contributed by atoms with van der Waals surface area (Å²) in [5.74, 6) is -0.925. The maximum absolute atomic E-state index is 10.5. The van der Waals surface area contributed by atoms with E-state index in [-0.39, 0.29) is 6.42 Å². The summed E-state index contributed by atoms with van der Waals surface area (Å²) in [5, 5.41) is 19.2. The second kappa shape index (κ2) is 13.3. The highest BCUT2D eigenvalue weighted by atomic mass is 31.2. The molecule has 0 spiro atoms. The van der Waals surface area contributed by atoms with E-state index in [9.17, 15) is 9.90 Å². The number of aliphatic carboxylic acids is 1. The number of hydrogen-bond donors (Lipinski definition) is 0. The molecular weight excluding hydrogens is 427 g/mol. The Morgan fingerprint density at radius 2 is 1.24 bits per heavy atom. The van der Waals surface area contributed by atoms with E-state index in [4.69, 9.17) is 0 Å². The van der Waals surface area contributed by atoms with Crippen LogP contribution in [0.25, 0.3) is 0 Å². The van der Waals surface area contributed by atoms with Crippen molar-refractivity contribution in [2.24, 2.45) is 7.05 Å². The molecule has 3 aromatic rings. The van der Waals surface area contributed by atoms with Crippen molar-refractivity contribution in [3.63, 3.8) is 0 Å². The number of carboxylic acid groups (broad SMARTS) is 1. The van der Waals surface area contributed by atoms with Crippen LogP contribution in [0, 0.1) is 0 Å². The van der Waals surface area contributed by atoms with Gasteiger partial charge in [-0.1, -0.05) is 74.9 Å². The van der Waals surface area contributed by atoms with Crippen LogP contribution in [0.5, 0.6) is 0 Å². The first-order chi connectivity index (χ1) is 16.1. The zero-order chi connectivity index (χ0) is 23.4. The fourth-order valence-electron chi connectivity index (χ4n) is 4.66. The lowest BCUT2D eigenvalue weighted by Gasteiger charge is -2.26. The van der Waals surface area contributed by atoms with E-state index in [1.165, 1.54) is 54.4 Å². The van der Waals surface area contributed by atoms with Gasteiger partial charge in [0.1, 0.15) is 23.2 Å². The van der Waals surface area contributed by atoms with Crippen molar-refractivity contribution in [2.45, 2.75) is 64.2 Å². The summed E-state index contributed by atoms with van der Waals surface area (Å²) in [5.41, 5.74) is 0. The molecule has 5 heteroatoms. The van der Waals surface area contributed by atoms with Crippen LogP contribution in [0.1, 0.15) is 64.2 Å². The third-order valence-electron chi connectivity index (χ3n) is 6.40. The van der Waals surface area contributed by atoms with Crippen LogP contribution in [0.15, 0.2) is 73.1 Å². The third kappa shape index (κ3) is 7.27. The Morgan fingerprint density at radius 1 is 0.758 bits per heavy atom. The number of hydrogen-bond acceptors (Lipinski definition) is 3. The Bertz CT molecular complexity index is 917. The van der Waals surface area contributed by atoms with E-state index in [0.29, 0.717) is 0 Å². The largest absolute Gasteiger partial charge is 0.550 e. The van der Waals surface area contributed by atoms with Crippen molar-refractivity contribution in [2.75, 3.05) is 6.16 Å². The lowest BCUT2D eigenvalue weighted by molar-refractivity contribution is -0.305. The number of carbonyl (C=O) groups excluding carboxylic acids is 1. The number of carboxylic acids is 1. The molecule has 3 rings (SSSR count). The number of aryl methyl sites for hydroxylation is 1. The van der Waals surface area contributed by atoms with Crippen LogP contribution in [-0.4, -0.2) is 21.9 Å². The standard InChI is InChI=1S/C28H37N2O2P/c1-30-24-27(23-29-30)33(25-17-11-9-12-18-25,26-19-13-10-14-20-26)22-16-8-6-4-2-3-5-7-15-21-28(31)32/h9-14,17-20,23-24H,2-8,15-16,21-22H2,1H3. The van der Waals surface area contributed by atoms with Gasteiger partial charge in [-0.05, 0) is 49.9 Å². The van der Waals surface area contributed by atoms with Crippen LogP contribution in [0.3, 0.4) is 0 Å². The summed E-state index contributed by atoms with van der Waals surface area (Å²) in [7, 11) is 0.256. The molecule has 0 amide bonds. The molecular formula is C28H37N2O2P. The number of unbranched alkanes of at least 4 members (excludes halogenated alkanes) is 8. The lowest BCUT2D eigenvalue weighted by Crippen LogP contribution is -2.33.